The van der Waals surface area contributed by atoms with Crippen molar-refractivity contribution in [2.75, 3.05) is 0 Å². The number of hydrogen-bond donors (Lipinski definition) is 1. The number of rotatable bonds is 9. The molecule has 0 saturated heterocycles. The minimum atomic E-state index is 0.459. The molecule has 0 rings (SSSR count). The molecule has 0 spiro atoms. The van der Waals surface area contributed by atoms with Gasteiger partial charge < -0.3 is 5.32 Å². The van der Waals surface area contributed by atoms with Gasteiger partial charge in [-0.2, -0.15) is 0 Å². The van der Waals surface area contributed by atoms with E-state index in [1.807, 2.05) is 0 Å². The molecule has 1 heteroatoms. The summed E-state index contributed by atoms with van der Waals surface area (Å²) in [5.41, 5.74) is 1.32. The van der Waals surface area contributed by atoms with Crippen LogP contribution >= 0.6 is 0 Å². The molecule has 0 bridgehead atoms. The van der Waals surface area contributed by atoms with Gasteiger partial charge in [-0.25, -0.2) is 0 Å². The summed E-state index contributed by atoms with van der Waals surface area (Å²) in [5, 5.41) is 3.75. The number of hydrogen-bond acceptors (Lipinski definition) is 1. The van der Waals surface area contributed by atoms with Crippen LogP contribution in [0.5, 0.6) is 0 Å². The number of nitrogens with one attached hydrogen (secondary N) is 1. The lowest BCUT2D eigenvalue weighted by atomic mass is 9.93. The van der Waals surface area contributed by atoms with Crippen molar-refractivity contribution in [3.63, 3.8) is 0 Å². The van der Waals surface area contributed by atoms with Gasteiger partial charge in [0.05, 0.1) is 0 Å². The zero-order valence-electron chi connectivity index (χ0n) is 12.0. The Morgan fingerprint density at radius 1 is 1.19 bits per heavy atom. The Balaban J connectivity index is 4.23. The minimum Gasteiger partial charge on any atom is -0.308 e. The molecule has 3 unspecified atom stereocenters. The summed E-state index contributed by atoms with van der Waals surface area (Å²) >= 11 is 0. The lowest BCUT2D eigenvalue weighted by Crippen LogP contribution is -2.41. The highest BCUT2D eigenvalue weighted by atomic mass is 14.9. The molecule has 0 aromatic carbocycles. The molecule has 96 valence electrons. The zero-order chi connectivity index (χ0) is 12.6. The maximum atomic E-state index is 4.13. The van der Waals surface area contributed by atoms with E-state index in [0.29, 0.717) is 12.1 Å². The maximum absolute atomic E-state index is 4.13. The van der Waals surface area contributed by atoms with E-state index < -0.39 is 0 Å². The normalized spacial score (nSPS) is 16.8. The third-order valence-electron chi connectivity index (χ3n) is 3.73. The Kier molecular flexibility index (Phi) is 8.64. The van der Waals surface area contributed by atoms with Crippen LogP contribution < -0.4 is 5.32 Å². The third kappa shape index (κ3) is 5.69. The minimum absolute atomic E-state index is 0.459. The first-order chi connectivity index (χ1) is 7.56. The summed E-state index contributed by atoms with van der Waals surface area (Å²) < 4.78 is 0. The maximum Gasteiger partial charge on any atom is 0.0251 e. The zero-order valence-corrected chi connectivity index (χ0v) is 12.0. The van der Waals surface area contributed by atoms with Crippen LogP contribution in [-0.4, -0.2) is 12.1 Å². The van der Waals surface area contributed by atoms with Crippen LogP contribution in [-0.2, 0) is 0 Å². The average molecular weight is 225 g/mol. The quantitative estimate of drug-likeness (QED) is 0.568. The summed E-state index contributed by atoms with van der Waals surface area (Å²) in [7, 11) is 0. The van der Waals surface area contributed by atoms with Gasteiger partial charge in [0.2, 0.25) is 0 Å². The standard InChI is InChI=1S/C15H31N/c1-7-10-11-15(13(5)9-3)16-14(6)12(4)8-2/h13-16H,4,7-11H2,1-3,5-6H3. The summed E-state index contributed by atoms with van der Waals surface area (Å²) in [4.78, 5) is 0. The molecule has 0 aliphatic carbocycles. The predicted molar refractivity (Wildman–Crippen MR) is 74.8 cm³/mol. The molecule has 1 nitrogen and oxygen atoms in total. The van der Waals surface area contributed by atoms with Crippen molar-refractivity contribution in [1.82, 2.24) is 5.32 Å². The van der Waals surface area contributed by atoms with Gasteiger partial charge in [0.15, 0.2) is 0 Å². The fourth-order valence-electron chi connectivity index (χ4n) is 1.99. The molecule has 16 heavy (non-hydrogen) atoms. The van der Waals surface area contributed by atoms with Gasteiger partial charge in [-0.1, -0.05) is 59.1 Å². The molecule has 0 aromatic rings. The summed E-state index contributed by atoms with van der Waals surface area (Å²) in [6.45, 7) is 15.5. The van der Waals surface area contributed by atoms with Gasteiger partial charge in [-0.3, -0.25) is 0 Å². The first kappa shape index (κ1) is 15.7. The Bertz CT molecular complexity index is 186. The number of unbranched alkanes of at least 4 members (excludes halogenated alkanes) is 1. The molecule has 1 N–H and O–H groups in total. The van der Waals surface area contributed by atoms with Crippen LogP contribution in [0.4, 0.5) is 0 Å². The molecule has 0 aromatic heterocycles. The average Bonchev–Trinajstić information content (AvgIpc) is 2.31. The second-order valence-corrected chi connectivity index (χ2v) is 5.03. The van der Waals surface area contributed by atoms with Gasteiger partial charge in [0.1, 0.15) is 0 Å². The van der Waals surface area contributed by atoms with Gasteiger partial charge in [0.25, 0.3) is 0 Å². The van der Waals surface area contributed by atoms with E-state index in [0.717, 1.165) is 12.3 Å². The van der Waals surface area contributed by atoms with Crippen molar-refractivity contribution in [3.8, 4) is 0 Å². The van der Waals surface area contributed by atoms with E-state index in [9.17, 15) is 0 Å². The Hall–Kier alpha value is -0.300. The molecular weight excluding hydrogens is 194 g/mol. The Morgan fingerprint density at radius 2 is 1.81 bits per heavy atom. The van der Waals surface area contributed by atoms with Crippen LogP contribution in [0.3, 0.4) is 0 Å². The predicted octanol–water partition coefficient (Wildman–Crippen LogP) is 4.54. The lowest BCUT2D eigenvalue weighted by molar-refractivity contribution is 0.324. The van der Waals surface area contributed by atoms with Crippen molar-refractivity contribution in [2.45, 2.75) is 78.8 Å². The smallest absolute Gasteiger partial charge is 0.0251 e. The van der Waals surface area contributed by atoms with Crippen molar-refractivity contribution >= 4 is 0 Å². The molecule has 0 aliphatic heterocycles. The van der Waals surface area contributed by atoms with Crippen LogP contribution in [0.15, 0.2) is 12.2 Å². The molecule has 3 atom stereocenters. The summed E-state index contributed by atoms with van der Waals surface area (Å²) in [6, 6.07) is 1.11. The Morgan fingerprint density at radius 3 is 2.25 bits per heavy atom. The van der Waals surface area contributed by atoms with Crippen LogP contribution in [0, 0.1) is 5.92 Å². The lowest BCUT2D eigenvalue weighted by Gasteiger charge is -2.29. The topological polar surface area (TPSA) is 12.0 Å². The van der Waals surface area contributed by atoms with Gasteiger partial charge in [-0.15, -0.1) is 0 Å². The Labute approximate surface area is 103 Å². The fraction of sp³-hybridized carbons (Fsp3) is 0.867. The van der Waals surface area contributed by atoms with Gasteiger partial charge in [0, 0.05) is 12.1 Å². The molecule has 0 aliphatic rings. The van der Waals surface area contributed by atoms with Crippen molar-refractivity contribution < 1.29 is 0 Å². The van der Waals surface area contributed by atoms with Gasteiger partial charge in [-0.05, 0) is 25.7 Å². The van der Waals surface area contributed by atoms with E-state index in [1.54, 1.807) is 0 Å². The van der Waals surface area contributed by atoms with E-state index >= 15 is 0 Å². The first-order valence-corrected chi connectivity index (χ1v) is 7.00. The van der Waals surface area contributed by atoms with Gasteiger partial charge >= 0.3 is 0 Å². The van der Waals surface area contributed by atoms with Crippen molar-refractivity contribution in [2.24, 2.45) is 5.92 Å². The first-order valence-electron chi connectivity index (χ1n) is 7.00. The second kappa shape index (κ2) is 8.81. The fourth-order valence-corrected chi connectivity index (χ4v) is 1.99. The largest absolute Gasteiger partial charge is 0.308 e. The third-order valence-corrected chi connectivity index (χ3v) is 3.73. The van der Waals surface area contributed by atoms with E-state index in [4.69, 9.17) is 0 Å². The van der Waals surface area contributed by atoms with Crippen molar-refractivity contribution in [3.05, 3.63) is 12.2 Å². The second-order valence-electron chi connectivity index (χ2n) is 5.03. The van der Waals surface area contributed by atoms with Crippen molar-refractivity contribution in [1.29, 1.82) is 0 Å². The van der Waals surface area contributed by atoms with E-state index in [1.165, 1.54) is 31.3 Å². The monoisotopic (exact) mass is 225 g/mol. The van der Waals surface area contributed by atoms with Crippen LogP contribution in [0.1, 0.15) is 66.7 Å². The SMILES string of the molecule is C=C(CC)C(C)NC(CCCC)C(C)CC. The molecule has 0 radical (unpaired) electrons. The molecule has 0 amide bonds. The highest BCUT2D eigenvalue weighted by molar-refractivity contribution is 5.03. The van der Waals surface area contributed by atoms with E-state index in [2.05, 4.69) is 46.5 Å². The van der Waals surface area contributed by atoms with Crippen LogP contribution in [0.2, 0.25) is 0 Å². The summed E-state index contributed by atoms with van der Waals surface area (Å²) in [5.74, 6) is 0.763. The molecule has 0 heterocycles. The molecule has 0 fully saturated rings. The molecular formula is C15H31N. The van der Waals surface area contributed by atoms with Crippen LogP contribution in [0.25, 0.3) is 0 Å². The molecule has 0 saturated carbocycles. The highest BCUT2D eigenvalue weighted by Crippen LogP contribution is 2.16. The van der Waals surface area contributed by atoms with E-state index in [-0.39, 0.29) is 0 Å². The summed E-state index contributed by atoms with van der Waals surface area (Å²) in [6.07, 6.45) is 6.25. The highest BCUT2D eigenvalue weighted by Gasteiger charge is 2.17.